The summed E-state index contributed by atoms with van der Waals surface area (Å²) in [5.74, 6) is -0.113. The van der Waals surface area contributed by atoms with Crippen LogP contribution in [0.15, 0.2) is 27.8 Å². The smallest absolute Gasteiger partial charge is 0.270 e. The quantitative estimate of drug-likeness (QED) is 0.276. The summed E-state index contributed by atoms with van der Waals surface area (Å²) >= 11 is 3.25. The number of azide groups is 1. The number of carbonyl (C=O) groups is 1. The van der Waals surface area contributed by atoms with Gasteiger partial charge in [0.2, 0.25) is 5.91 Å². The summed E-state index contributed by atoms with van der Waals surface area (Å²) in [4.78, 5) is 26.4. The maximum Gasteiger partial charge on any atom is 0.270 e. The largest absolute Gasteiger partial charge is 0.311 e. The molecule has 0 aromatic heterocycles. The number of nitro groups is 1. The lowest BCUT2D eigenvalue weighted by atomic mass is 10.1. The summed E-state index contributed by atoms with van der Waals surface area (Å²) < 4.78 is 0.490. The van der Waals surface area contributed by atoms with E-state index in [0.717, 1.165) is 0 Å². The molecule has 9 heteroatoms. The van der Waals surface area contributed by atoms with E-state index in [1.165, 1.54) is 18.2 Å². The Morgan fingerprint density at radius 2 is 2.35 bits per heavy atom. The van der Waals surface area contributed by atoms with E-state index in [2.05, 4.69) is 26.0 Å². The number of halogens is 1. The van der Waals surface area contributed by atoms with Gasteiger partial charge in [-0.1, -0.05) is 5.11 Å². The summed E-state index contributed by atoms with van der Waals surface area (Å²) in [6.45, 7) is 0.706. The normalized spacial score (nSPS) is 17.9. The summed E-state index contributed by atoms with van der Waals surface area (Å²) in [6, 6.07) is 4.26. The first-order chi connectivity index (χ1) is 9.52. The van der Waals surface area contributed by atoms with Crippen molar-refractivity contribution in [2.75, 3.05) is 18.0 Å². The molecule has 0 N–H and O–H groups in total. The SMILES string of the molecule is [N-]=[N+]=NCC1CC(=O)N(c2ccc([N+](=O)[O-])cc2Br)C1. The molecule has 8 nitrogen and oxygen atoms in total. The van der Waals surface area contributed by atoms with E-state index < -0.39 is 4.92 Å². The van der Waals surface area contributed by atoms with Crippen molar-refractivity contribution in [3.8, 4) is 0 Å². The van der Waals surface area contributed by atoms with E-state index >= 15 is 0 Å². The number of carbonyl (C=O) groups excluding carboxylic acids is 1. The van der Waals surface area contributed by atoms with E-state index in [9.17, 15) is 14.9 Å². The average Bonchev–Trinajstić information content (AvgIpc) is 2.77. The zero-order valence-corrected chi connectivity index (χ0v) is 11.9. The van der Waals surface area contributed by atoms with Crippen molar-refractivity contribution in [2.24, 2.45) is 11.0 Å². The van der Waals surface area contributed by atoms with E-state index in [-0.39, 0.29) is 24.1 Å². The van der Waals surface area contributed by atoms with Crippen LogP contribution >= 0.6 is 15.9 Å². The van der Waals surface area contributed by atoms with E-state index in [0.29, 0.717) is 23.1 Å². The highest BCUT2D eigenvalue weighted by Crippen LogP contribution is 2.34. The first kappa shape index (κ1) is 14.3. The Morgan fingerprint density at radius 1 is 1.60 bits per heavy atom. The third-order valence-electron chi connectivity index (χ3n) is 3.04. The standard InChI is InChI=1S/C11H10BrN5O3/c12-9-4-8(17(19)20)1-2-10(9)16-6-7(3-11(16)18)5-14-15-13/h1-2,4,7H,3,5-6H2. The minimum Gasteiger partial charge on any atom is -0.311 e. The van der Waals surface area contributed by atoms with Gasteiger partial charge in [-0.25, -0.2) is 0 Å². The van der Waals surface area contributed by atoms with Crippen LogP contribution in [0.1, 0.15) is 6.42 Å². The molecule has 20 heavy (non-hydrogen) atoms. The monoisotopic (exact) mass is 339 g/mol. The molecule has 2 rings (SSSR count). The van der Waals surface area contributed by atoms with Crippen molar-refractivity contribution in [3.05, 3.63) is 43.2 Å². The molecule has 1 unspecified atom stereocenters. The fraction of sp³-hybridized carbons (Fsp3) is 0.364. The lowest BCUT2D eigenvalue weighted by Crippen LogP contribution is -2.25. The average molecular weight is 340 g/mol. The molecule has 0 saturated carbocycles. The second-order valence-corrected chi connectivity index (χ2v) is 5.24. The van der Waals surface area contributed by atoms with Crippen molar-refractivity contribution in [3.63, 3.8) is 0 Å². The van der Waals surface area contributed by atoms with Crippen LogP contribution in [-0.2, 0) is 4.79 Å². The fourth-order valence-electron chi connectivity index (χ4n) is 2.12. The van der Waals surface area contributed by atoms with Crippen molar-refractivity contribution in [2.45, 2.75) is 6.42 Å². The third-order valence-corrected chi connectivity index (χ3v) is 3.68. The van der Waals surface area contributed by atoms with Crippen LogP contribution in [0.5, 0.6) is 0 Å². The molecule has 1 aromatic carbocycles. The molecule has 0 spiro atoms. The first-order valence-corrected chi connectivity index (χ1v) is 6.57. The van der Waals surface area contributed by atoms with Gasteiger partial charge in [0.05, 0.1) is 10.6 Å². The minimum absolute atomic E-state index is 0.0273. The van der Waals surface area contributed by atoms with Crippen molar-refractivity contribution >= 4 is 33.2 Å². The number of amides is 1. The molecule has 1 atom stereocenters. The Kier molecular flexibility index (Phi) is 4.21. The highest BCUT2D eigenvalue weighted by atomic mass is 79.9. The molecule has 1 aromatic rings. The Hall–Kier alpha value is -2.12. The van der Waals surface area contributed by atoms with Crippen LogP contribution in [0.25, 0.3) is 10.4 Å². The van der Waals surface area contributed by atoms with Crippen LogP contribution in [0, 0.1) is 16.0 Å². The van der Waals surface area contributed by atoms with Gasteiger partial charge in [-0.15, -0.1) is 0 Å². The molecular formula is C11H10BrN5O3. The minimum atomic E-state index is -0.495. The molecule has 1 amide bonds. The topological polar surface area (TPSA) is 112 Å². The highest BCUT2D eigenvalue weighted by molar-refractivity contribution is 9.10. The van der Waals surface area contributed by atoms with Gasteiger partial charge in [0.25, 0.3) is 5.69 Å². The lowest BCUT2D eigenvalue weighted by molar-refractivity contribution is -0.384. The van der Waals surface area contributed by atoms with Gasteiger partial charge in [0.1, 0.15) is 0 Å². The first-order valence-electron chi connectivity index (χ1n) is 5.78. The Balaban J connectivity index is 2.21. The predicted octanol–water partition coefficient (Wildman–Crippen LogP) is 3.02. The van der Waals surface area contributed by atoms with E-state index in [1.54, 1.807) is 4.90 Å². The van der Waals surface area contributed by atoms with Gasteiger partial charge in [0, 0.05) is 41.0 Å². The van der Waals surface area contributed by atoms with Crippen LogP contribution in [0.2, 0.25) is 0 Å². The third kappa shape index (κ3) is 2.89. The molecule has 1 aliphatic heterocycles. The van der Waals surface area contributed by atoms with Gasteiger partial charge >= 0.3 is 0 Å². The molecule has 1 fully saturated rings. The molecule has 0 radical (unpaired) electrons. The second-order valence-electron chi connectivity index (χ2n) is 4.38. The number of anilines is 1. The summed E-state index contributed by atoms with van der Waals surface area (Å²) in [6.07, 6.45) is 0.308. The number of rotatable bonds is 4. The number of nitro benzene ring substituents is 1. The Labute approximate surface area is 122 Å². The number of nitrogens with zero attached hydrogens (tertiary/aromatic N) is 5. The van der Waals surface area contributed by atoms with Gasteiger partial charge in [-0.3, -0.25) is 14.9 Å². The maximum atomic E-state index is 12.0. The van der Waals surface area contributed by atoms with Crippen LogP contribution in [-0.4, -0.2) is 23.9 Å². The molecular weight excluding hydrogens is 330 g/mol. The van der Waals surface area contributed by atoms with Crippen molar-refractivity contribution < 1.29 is 9.72 Å². The van der Waals surface area contributed by atoms with Gasteiger partial charge in [-0.05, 0) is 33.4 Å². The molecule has 104 valence electrons. The molecule has 0 bridgehead atoms. The van der Waals surface area contributed by atoms with E-state index in [4.69, 9.17) is 5.53 Å². The van der Waals surface area contributed by atoms with Crippen LogP contribution < -0.4 is 4.90 Å². The van der Waals surface area contributed by atoms with Crippen LogP contribution in [0.3, 0.4) is 0 Å². The molecule has 1 aliphatic rings. The highest BCUT2D eigenvalue weighted by Gasteiger charge is 2.31. The zero-order chi connectivity index (χ0) is 14.7. The predicted molar refractivity (Wildman–Crippen MR) is 75.3 cm³/mol. The molecule has 1 heterocycles. The number of hydrogen-bond acceptors (Lipinski definition) is 4. The molecule has 1 saturated heterocycles. The zero-order valence-electron chi connectivity index (χ0n) is 10.3. The van der Waals surface area contributed by atoms with Gasteiger partial charge < -0.3 is 4.90 Å². The number of non-ortho nitro benzene ring substituents is 1. The lowest BCUT2D eigenvalue weighted by Gasteiger charge is -2.17. The Bertz CT molecular complexity index is 614. The van der Waals surface area contributed by atoms with Gasteiger partial charge in [-0.2, -0.15) is 0 Å². The van der Waals surface area contributed by atoms with Crippen molar-refractivity contribution in [1.82, 2.24) is 0 Å². The van der Waals surface area contributed by atoms with E-state index in [1.807, 2.05) is 0 Å². The second kappa shape index (κ2) is 5.89. The number of benzene rings is 1. The Morgan fingerprint density at radius 3 is 2.95 bits per heavy atom. The maximum absolute atomic E-state index is 12.0. The fourth-order valence-corrected chi connectivity index (χ4v) is 2.70. The van der Waals surface area contributed by atoms with Crippen molar-refractivity contribution in [1.29, 1.82) is 0 Å². The summed E-state index contributed by atoms with van der Waals surface area (Å²) in [5, 5.41) is 14.2. The van der Waals surface area contributed by atoms with Gasteiger partial charge in [0.15, 0.2) is 0 Å². The number of hydrogen-bond donors (Lipinski definition) is 0. The van der Waals surface area contributed by atoms with Crippen LogP contribution in [0.4, 0.5) is 11.4 Å². The summed E-state index contributed by atoms with van der Waals surface area (Å²) in [5.41, 5.74) is 8.83. The summed E-state index contributed by atoms with van der Waals surface area (Å²) in [7, 11) is 0. The molecule has 0 aliphatic carbocycles.